The predicted molar refractivity (Wildman–Crippen MR) is 76.2 cm³/mol. The number of nitrogens with zero attached hydrogens (tertiary/aromatic N) is 1. The van der Waals surface area contributed by atoms with E-state index in [1.54, 1.807) is 18.3 Å². The highest BCUT2D eigenvalue weighted by Crippen LogP contribution is 2.25. The molecule has 3 nitrogen and oxygen atoms in total. The summed E-state index contributed by atoms with van der Waals surface area (Å²) in [5.74, 6) is 0.953. The lowest BCUT2D eigenvalue weighted by atomic mass is 10.1. The van der Waals surface area contributed by atoms with Gasteiger partial charge >= 0.3 is 0 Å². The Hall–Kier alpha value is -1.20. The van der Waals surface area contributed by atoms with E-state index < -0.39 is 0 Å². The van der Waals surface area contributed by atoms with Gasteiger partial charge in [0.05, 0.1) is 17.2 Å². The molecule has 0 amide bonds. The van der Waals surface area contributed by atoms with Gasteiger partial charge in [0.2, 0.25) is 5.89 Å². The lowest BCUT2D eigenvalue weighted by Crippen LogP contribution is -2.35. The van der Waals surface area contributed by atoms with Gasteiger partial charge < -0.3 is 9.73 Å². The lowest BCUT2D eigenvalue weighted by molar-refractivity contribution is 0.383. The average Bonchev–Trinajstić information content (AvgIpc) is 2.78. The van der Waals surface area contributed by atoms with Gasteiger partial charge in [-0.25, -0.2) is 9.37 Å². The molecule has 0 saturated carbocycles. The number of rotatable bonds is 3. The van der Waals surface area contributed by atoms with Crippen LogP contribution < -0.4 is 5.32 Å². The van der Waals surface area contributed by atoms with Crippen LogP contribution in [0.5, 0.6) is 0 Å². The molecule has 0 aliphatic carbocycles. The van der Waals surface area contributed by atoms with E-state index in [2.05, 4.69) is 47.0 Å². The predicted octanol–water partition coefficient (Wildman–Crippen LogP) is 4.13. The summed E-state index contributed by atoms with van der Waals surface area (Å²) in [5, 5.41) is 3.30. The van der Waals surface area contributed by atoms with Gasteiger partial charge in [-0.15, -0.1) is 0 Å². The quantitative estimate of drug-likeness (QED) is 0.921. The van der Waals surface area contributed by atoms with E-state index >= 15 is 0 Å². The summed E-state index contributed by atoms with van der Waals surface area (Å²) in [6, 6.07) is 4.74. The zero-order valence-electron chi connectivity index (χ0n) is 11.1. The average molecular weight is 327 g/mol. The van der Waals surface area contributed by atoms with Crippen molar-refractivity contribution >= 4 is 15.9 Å². The molecule has 0 spiro atoms. The molecule has 5 heteroatoms. The van der Waals surface area contributed by atoms with Gasteiger partial charge in [0.15, 0.2) is 5.76 Å². The van der Waals surface area contributed by atoms with E-state index in [1.165, 1.54) is 6.07 Å². The second-order valence-corrected chi connectivity index (χ2v) is 6.21. The third kappa shape index (κ3) is 3.88. The number of halogens is 2. The maximum atomic E-state index is 13.2. The molecular formula is C14H16BrFN2O. The zero-order valence-corrected chi connectivity index (χ0v) is 12.7. The van der Waals surface area contributed by atoms with Crippen LogP contribution in [0.1, 0.15) is 26.7 Å². The van der Waals surface area contributed by atoms with E-state index in [0.717, 1.165) is 5.56 Å². The standard InChI is InChI=1S/C14H16BrFN2O/c1-14(2,3)18-8-13-17-7-12(19-13)9-4-5-11(16)10(15)6-9/h4-7,18H,8H2,1-3H3. The first-order valence-corrected chi connectivity index (χ1v) is 6.79. The van der Waals surface area contributed by atoms with Crippen molar-refractivity contribution in [3.8, 4) is 11.3 Å². The van der Waals surface area contributed by atoms with Crippen molar-refractivity contribution in [1.29, 1.82) is 0 Å². The van der Waals surface area contributed by atoms with E-state index in [-0.39, 0.29) is 11.4 Å². The number of oxazole rings is 1. The Bertz CT molecular complexity index is 575. The van der Waals surface area contributed by atoms with Crippen LogP contribution in [-0.2, 0) is 6.54 Å². The molecule has 102 valence electrons. The highest BCUT2D eigenvalue weighted by molar-refractivity contribution is 9.10. The second-order valence-electron chi connectivity index (χ2n) is 5.35. The summed E-state index contributed by atoms with van der Waals surface area (Å²) in [4.78, 5) is 4.21. The summed E-state index contributed by atoms with van der Waals surface area (Å²) in [7, 11) is 0. The normalized spacial score (nSPS) is 11.8. The molecule has 0 aliphatic heterocycles. The minimum Gasteiger partial charge on any atom is -0.439 e. The zero-order chi connectivity index (χ0) is 14.0. The number of benzene rings is 1. The van der Waals surface area contributed by atoms with E-state index in [9.17, 15) is 4.39 Å². The first-order valence-electron chi connectivity index (χ1n) is 6.00. The Kier molecular flexibility index (Phi) is 4.06. The SMILES string of the molecule is CC(C)(C)NCc1ncc(-c2ccc(F)c(Br)c2)o1. The summed E-state index contributed by atoms with van der Waals surface area (Å²) in [6.45, 7) is 6.79. The van der Waals surface area contributed by atoms with Crippen LogP contribution in [0.2, 0.25) is 0 Å². The number of hydrogen-bond acceptors (Lipinski definition) is 3. The Labute approximate surface area is 120 Å². The molecule has 0 fully saturated rings. The third-order valence-electron chi connectivity index (χ3n) is 2.53. The smallest absolute Gasteiger partial charge is 0.208 e. The van der Waals surface area contributed by atoms with Crippen LogP contribution >= 0.6 is 15.9 Å². The molecule has 0 unspecified atom stereocenters. The number of hydrogen-bond donors (Lipinski definition) is 1. The Morgan fingerprint density at radius 2 is 2.11 bits per heavy atom. The van der Waals surface area contributed by atoms with Crippen LogP contribution in [0.15, 0.2) is 33.3 Å². The third-order valence-corrected chi connectivity index (χ3v) is 3.14. The molecule has 1 aromatic carbocycles. The molecular weight excluding hydrogens is 311 g/mol. The van der Waals surface area contributed by atoms with Gasteiger partial charge in [0.25, 0.3) is 0 Å². The Morgan fingerprint density at radius 3 is 2.74 bits per heavy atom. The van der Waals surface area contributed by atoms with E-state index in [1.807, 2.05) is 0 Å². The molecule has 2 rings (SSSR count). The molecule has 1 N–H and O–H groups in total. The van der Waals surface area contributed by atoms with Gasteiger partial charge in [-0.05, 0) is 54.9 Å². The number of nitrogens with one attached hydrogen (secondary N) is 1. The fraction of sp³-hybridized carbons (Fsp3) is 0.357. The van der Waals surface area contributed by atoms with E-state index in [0.29, 0.717) is 22.7 Å². The van der Waals surface area contributed by atoms with E-state index in [4.69, 9.17) is 4.42 Å². The van der Waals surface area contributed by atoms with Crippen molar-refractivity contribution in [3.05, 3.63) is 40.6 Å². The molecule has 2 aromatic rings. The van der Waals surface area contributed by atoms with Crippen LogP contribution in [-0.4, -0.2) is 10.5 Å². The van der Waals surface area contributed by atoms with Crippen LogP contribution in [0, 0.1) is 5.82 Å². The maximum Gasteiger partial charge on any atom is 0.208 e. The minimum absolute atomic E-state index is 0.00748. The van der Waals surface area contributed by atoms with Crippen molar-refractivity contribution in [2.75, 3.05) is 0 Å². The van der Waals surface area contributed by atoms with Crippen molar-refractivity contribution < 1.29 is 8.81 Å². The van der Waals surface area contributed by atoms with Gasteiger partial charge in [-0.1, -0.05) is 0 Å². The first kappa shape index (κ1) is 14.2. The van der Waals surface area contributed by atoms with Gasteiger partial charge in [0, 0.05) is 11.1 Å². The lowest BCUT2D eigenvalue weighted by Gasteiger charge is -2.18. The summed E-state index contributed by atoms with van der Waals surface area (Å²) >= 11 is 3.16. The largest absolute Gasteiger partial charge is 0.439 e. The first-order chi connectivity index (χ1) is 8.85. The van der Waals surface area contributed by atoms with Gasteiger partial charge in [0.1, 0.15) is 5.82 Å². The highest BCUT2D eigenvalue weighted by Gasteiger charge is 2.12. The maximum absolute atomic E-state index is 13.2. The molecule has 0 atom stereocenters. The number of aromatic nitrogens is 1. The van der Waals surface area contributed by atoms with Crippen molar-refractivity contribution in [2.45, 2.75) is 32.9 Å². The van der Waals surface area contributed by atoms with Crippen LogP contribution in [0.3, 0.4) is 0 Å². The Balaban J connectivity index is 2.14. The minimum atomic E-state index is -0.294. The summed E-state index contributed by atoms with van der Waals surface area (Å²) < 4.78 is 19.2. The molecule has 0 radical (unpaired) electrons. The summed E-state index contributed by atoms with van der Waals surface area (Å²) in [5.41, 5.74) is 0.802. The van der Waals surface area contributed by atoms with Crippen molar-refractivity contribution in [3.63, 3.8) is 0 Å². The van der Waals surface area contributed by atoms with Crippen molar-refractivity contribution in [1.82, 2.24) is 10.3 Å². The topological polar surface area (TPSA) is 38.1 Å². The molecule has 0 aliphatic rings. The fourth-order valence-corrected chi connectivity index (χ4v) is 1.89. The molecule has 0 saturated heterocycles. The van der Waals surface area contributed by atoms with Gasteiger partial charge in [-0.2, -0.15) is 0 Å². The highest BCUT2D eigenvalue weighted by atomic mass is 79.9. The van der Waals surface area contributed by atoms with Crippen LogP contribution in [0.25, 0.3) is 11.3 Å². The Morgan fingerprint density at radius 1 is 1.37 bits per heavy atom. The molecule has 19 heavy (non-hydrogen) atoms. The van der Waals surface area contributed by atoms with Crippen molar-refractivity contribution in [2.24, 2.45) is 0 Å². The monoisotopic (exact) mass is 326 g/mol. The second kappa shape index (κ2) is 5.43. The van der Waals surface area contributed by atoms with Crippen LogP contribution in [0.4, 0.5) is 4.39 Å². The summed E-state index contributed by atoms with van der Waals surface area (Å²) in [6.07, 6.45) is 1.65. The molecule has 1 aromatic heterocycles. The van der Waals surface area contributed by atoms with Gasteiger partial charge in [-0.3, -0.25) is 0 Å². The molecule has 0 bridgehead atoms. The molecule has 1 heterocycles. The fourth-order valence-electron chi connectivity index (χ4n) is 1.52.